The van der Waals surface area contributed by atoms with Crippen molar-refractivity contribution < 1.29 is 14.3 Å². The molecule has 5 nitrogen and oxygen atoms in total. The minimum absolute atomic E-state index is 0.0200. The fourth-order valence-corrected chi connectivity index (χ4v) is 2.73. The third kappa shape index (κ3) is 2.51. The molecular formula is C13H22N2O3. The van der Waals surface area contributed by atoms with Crippen LogP contribution >= 0.6 is 0 Å². The highest BCUT2D eigenvalue weighted by Crippen LogP contribution is 2.29. The van der Waals surface area contributed by atoms with Crippen molar-refractivity contribution in [3.05, 3.63) is 0 Å². The maximum absolute atomic E-state index is 12.5. The molecule has 2 fully saturated rings. The predicted molar refractivity (Wildman–Crippen MR) is 67.0 cm³/mol. The third-order valence-corrected chi connectivity index (χ3v) is 4.09. The number of carbonyl (C=O) groups is 2. The van der Waals surface area contributed by atoms with Crippen molar-refractivity contribution in [3.8, 4) is 0 Å². The fourth-order valence-electron chi connectivity index (χ4n) is 2.73. The highest BCUT2D eigenvalue weighted by molar-refractivity contribution is 5.90. The molecule has 2 saturated heterocycles. The molecular weight excluding hydrogens is 232 g/mol. The van der Waals surface area contributed by atoms with Crippen molar-refractivity contribution in [1.29, 1.82) is 0 Å². The van der Waals surface area contributed by atoms with Gasteiger partial charge in [-0.3, -0.25) is 9.59 Å². The van der Waals surface area contributed by atoms with Crippen molar-refractivity contribution >= 4 is 11.8 Å². The monoisotopic (exact) mass is 254 g/mol. The zero-order chi connectivity index (χ0) is 13.2. The van der Waals surface area contributed by atoms with E-state index in [1.54, 1.807) is 0 Å². The predicted octanol–water partition coefficient (Wildman–Crippen LogP) is 0.683. The first kappa shape index (κ1) is 13.3. The van der Waals surface area contributed by atoms with E-state index in [-0.39, 0.29) is 23.4 Å². The molecule has 0 radical (unpaired) electrons. The van der Waals surface area contributed by atoms with Gasteiger partial charge in [0.05, 0.1) is 0 Å². The van der Waals surface area contributed by atoms with Gasteiger partial charge in [0, 0.05) is 31.7 Å². The first-order chi connectivity index (χ1) is 8.57. The zero-order valence-corrected chi connectivity index (χ0v) is 11.2. The quantitative estimate of drug-likeness (QED) is 0.788. The molecule has 0 aromatic carbocycles. The summed E-state index contributed by atoms with van der Waals surface area (Å²) in [7, 11) is 0. The van der Waals surface area contributed by atoms with Gasteiger partial charge in [-0.25, -0.2) is 0 Å². The Morgan fingerprint density at radius 1 is 1.39 bits per heavy atom. The van der Waals surface area contributed by atoms with Gasteiger partial charge in [0.1, 0.15) is 6.04 Å². The van der Waals surface area contributed by atoms with Crippen LogP contribution in [-0.2, 0) is 14.3 Å². The Labute approximate surface area is 108 Å². The van der Waals surface area contributed by atoms with Crippen LogP contribution in [-0.4, -0.2) is 48.1 Å². The average Bonchev–Trinajstić information content (AvgIpc) is 2.50. The van der Waals surface area contributed by atoms with E-state index in [9.17, 15) is 9.59 Å². The van der Waals surface area contributed by atoms with Crippen LogP contribution < -0.4 is 5.32 Å². The number of ether oxygens (including phenoxy) is 1. The molecule has 18 heavy (non-hydrogen) atoms. The molecule has 2 aliphatic heterocycles. The lowest BCUT2D eigenvalue weighted by atomic mass is 9.89. The van der Waals surface area contributed by atoms with Crippen LogP contribution in [0.1, 0.15) is 39.5 Å². The first-order valence-corrected chi connectivity index (χ1v) is 6.75. The smallest absolute Gasteiger partial charge is 0.245 e. The fraction of sp³-hybridized carbons (Fsp3) is 0.846. The van der Waals surface area contributed by atoms with Crippen LogP contribution in [0.5, 0.6) is 0 Å². The van der Waals surface area contributed by atoms with Gasteiger partial charge in [0.2, 0.25) is 11.8 Å². The van der Waals surface area contributed by atoms with Crippen LogP contribution in [0.4, 0.5) is 0 Å². The van der Waals surface area contributed by atoms with E-state index < -0.39 is 0 Å². The van der Waals surface area contributed by atoms with Crippen molar-refractivity contribution in [2.45, 2.75) is 51.1 Å². The Bertz CT molecular complexity index is 337. The molecule has 2 rings (SSSR count). The van der Waals surface area contributed by atoms with Gasteiger partial charge in [0.15, 0.2) is 0 Å². The maximum atomic E-state index is 12.5. The number of amides is 2. The number of hydrogen-bond donors (Lipinski definition) is 1. The van der Waals surface area contributed by atoms with Crippen LogP contribution in [0.25, 0.3) is 0 Å². The molecule has 0 aromatic heterocycles. The topological polar surface area (TPSA) is 58.6 Å². The van der Waals surface area contributed by atoms with Gasteiger partial charge in [-0.1, -0.05) is 6.92 Å². The summed E-state index contributed by atoms with van der Waals surface area (Å²) in [4.78, 5) is 26.0. The number of nitrogens with one attached hydrogen (secondary N) is 1. The molecule has 5 heteroatoms. The van der Waals surface area contributed by atoms with E-state index in [0.29, 0.717) is 32.6 Å². The second-order valence-electron chi connectivity index (χ2n) is 5.38. The molecule has 2 amide bonds. The highest BCUT2D eigenvalue weighted by atomic mass is 16.5. The van der Waals surface area contributed by atoms with Gasteiger partial charge in [-0.05, 0) is 26.2 Å². The lowest BCUT2D eigenvalue weighted by Crippen LogP contribution is -2.56. The molecule has 0 bridgehead atoms. The SMILES string of the molecule is CCC1NC(=O)CCN(C2(C)CCOCC2)C1=O. The minimum Gasteiger partial charge on any atom is -0.381 e. The summed E-state index contributed by atoms with van der Waals surface area (Å²) in [5.41, 5.74) is -0.158. The third-order valence-electron chi connectivity index (χ3n) is 4.09. The normalized spacial score (nSPS) is 28.8. The van der Waals surface area contributed by atoms with E-state index >= 15 is 0 Å². The van der Waals surface area contributed by atoms with Crippen molar-refractivity contribution in [2.75, 3.05) is 19.8 Å². The summed E-state index contributed by atoms with van der Waals surface area (Å²) in [5, 5.41) is 2.80. The number of rotatable bonds is 2. The van der Waals surface area contributed by atoms with Gasteiger partial charge in [-0.15, -0.1) is 0 Å². The Morgan fingerprint density at radius 3 is 2.67 bits per heavy atom. The van der Waals surface area contributed by atoms with Crippen LogP contribution in [0.15, 0.2) is 0 Å². The first-order valence-electron chi connectivity index (χ1n) is 6.75. The van der Waals surface area contributed by atoms with Crippen molar-refractivity contribution in [1.82, 2.24) is 10.2 Å². The molecule has 0 aromatic rings. The highest BCUT2D eigenvalue weighted by Gasteiger charge is 2.40. The van der Waals surface area contributed by atoms with Crippen molar-refractivity contribution in [3.63, 3.8) is 0 Å². The molecule has 2 heterocycles. The number of carbonyl (C=O) groups excluding carboxylic acids is 2. The summed E-state index contributed by atoms with van der Waals surface area (Å²) in [6, 6.07) is -0.361. The Morgan fingerprint density at radius 2 is 2.06 bits per heavy atom. The Balaban J connectivity index is 2.19. The molecule has 1 N–H and O–H groups in total. The Hall–Kier alpha value is -1.10. The molecule has 1 atom stereocenters. The molecule has 102 valence electrons. The molecule has 0 saturated carbocycles. The maximum Gasteiger partial charge on any atom is 0.245 e. The zero-order valence-electron chi connectivity index (χ0n) is 11.2. The Kier molecular flexibility index (Phi) is 3.90. The summed E-state index contributed by atoms with van der Waals surface area (Å²) < 4.78 is 5.38. The van der Waals surface area contributed by atoms with Gasteiger partial charge in [0.25, 0.3) is 0 Å². The molecule has 0 spiro atoms. The van der Waals surface area contributed by atoms with Crippen molar-refractivity contribution in [2.24, 2.45) is 0 Å². The minimum atomic E-state index is -0.361. The number of hydrogen-bond acceptors (Lipinski definition) is 3. The molecule has 2 aliphatic rings. The number of nitrogens with zero attached hydrogens (tertiary/aromatic N) is 1. The van der Waals surface area contributed by atoms with E-state index in [1.165, 1.54) is 0 Å². The summed E-state index contributed by atoms with van der Waals surface area (Å²) >= 11 is 0. The summed E-state index contributed by atoms with van der Waals surface area (Å²) in [5.74, 6) is 0.0427. The van der Waals surface area contributed by atoms with E-state index in [2.05, 4.69) is 12.2 Å². The second-order valence-corrected chi connectivity index (χ2v) is 5.38. The van der Waals surface area contributed by atoms with Gasteiger partial charge in [-0.2, -0.15) is 0 Å². The van der Waals surface area contributed by atoms with Crippen LogP contribution in [0.3, 0.4) is 0 Å². The molecule has 0 aliphatic carbocycles. The second kappa shape index (κ2) is 5.26. The van der Waals surface area contributed by atoms with Crippen LogP contribution in [0.2, 0.25) is 0 Å². The lowest BCUT2D eigenvalue weighted by molar-refractivity contribution is -0.142. The standard InChI is InChI=1S/C13H22N2O3/c1-3-10-12(17)15(7-4-11(16)14-10)13(2)5-8-18-9-6-13/h10H,3-9H2,1-2H3,(H,14,16). The largest absolute Gasteiger partial charge is 0.381 e. The van der Waals surface area contributed by atoms with E-state index in [0.717, 1.165) is 12.8 Å². The van der Waals surface area contributed by atoms with Gasteiger partial charge < -0.3 is 15.0 Å². The van der Waals surface area contributed by atoms with E-state index in [4.69, 9.17) is 4.74 Å². The summed E-state index contributed by atoms with van der Waals surface area (Å²) in [6.07, 6.45) is 2.75. The van der Waals surface area contributed by atoms with E-state index in [1.807, 2.05) is 11.8 Å². The van der Waals surface area contributed by atoms with Gasteiger partial charge >= 0.3 is 0 Å². The average molecular weight is 254 g/mol. The van der Waals surface area contributed by atoms with Crippen LogP contribution in [0, 0.1) is 0 Å². The molecule has 1 unspecified atom stereocenters. The lowest BCUT2D eigenvalue weighted by Gasteiger charge is -2.44. The summed E-state index contributed by atoms with van der Waals surface area (Å²) in [6.45, 7) is 5.95.